The van der Waals surface area contributed by atoms with Gasteiger partial charge in [0, 0.05) is 20.1 Å². The second-order valence-electron chi connectivity index (χ2n) is 21.1. The number of hydrogen-bond acceptors (Lipinski definition) is 15. The van der Waals surface area contributed by atoms with Crippen LogP contribution < -0.4 is 20.1 Å². The van der Waals surface area contributed by atoms with Gasteiger partial charge in [0.2, 0.25) is 0 Å². The Labute approximate surface area is 401 Å². The quantitative estimate of drug-likeness (QED) is 0.0689. The second kappa shape index (κ2) is 25.4. The molecule has 388 valence electrons. The molecule has 1 aromatic rings. The minimum absolute atomic E-state index is 0.0112. The number of nitrogens with zero attached hydrogens (tertiary/aromatic N) is 1. The lowest BCUT2D eigenvalue weighted by atomic mass is 9.85. The van der Waals surface area contributed by atoms with Gasteiger partial charge >= 0.3 is 0 Å². The SMILES string of the molecule is CNCCCCCCN(C)C(=O)C1O[C@@H](C(C)(C)OC(C)C)[C@@H](O)[C@@H](O)[C@@H]1OC(C)(C)CCOC(C)(C)[C@@H]1OC(C(=O)NCCc2ccc(OC)c(OC)c2)[C@@H](OC(C)(C)C(C)C)[C@H](O)[C@@H]1O. The number of aliphatic hydroxyl groups excluding tert-OH is 4. The summed E-state index contributed by atoms with van der Waals surface area (Å²) in [5.41, 5.74) is -3.31. The molecule has 0 aromatic heterocycles. The fourth-order valence-corrected chi connectivity index (χ4v) is 8.59. The summed E-state index contributed by atoms with van der Waals surface area (Å²) in [6.07, 6.45) is -9.07. The monoisotopic (exact) mass is 956 g/mol. The third kappa shape index (κ3) is 16.2. The Balaban J connectivity index is 1.80. The van der Waals surface area contributed by atoms with Crippen LogP contribution in [0.1, 0.15) is 121 Å². The molecule has 3 rings (SSSR count). The van der Waals surface area contributed by atoms with Crippen LogP contribution in [0.3, 0.4) is 0 Å². The number of nitrogens with one attached hydrogen (secondary N) is 2. The summed E-state index contributed by atoms with van der Waals surface area (Å²) in [6.45, 7) is 23.5. The van der Waals surface area contributed by atoms with Crippen LogP contribution in [0.2, 0.25) is 0 Å². The van der Waals surface area contributed by atoms with E-state index in [1.165, 1.54) is 0 Å². The molecule has 6 N–H and O–H groups in total. The van der Waals surface area contributed by atoms with Crippen molar-refractivity contribution in [2.45, 2.75) is 211 Å². The van der Waals surface area contributed by atoms with E-state index in [2.05, 4.69) is 10.6 Å². The second-order valence-corrected chi connectivity index (χ2v) is 21.1. The van der Waals surface area contributed by atoms with E-state index in [4.69, 9.17) is 37.9 Å². The van der Waals surface area contributed by atoms with E-state index >= 15 is 0 Å². The predicted molar refractivity (Wildman–Crippen MR) is 255 cm³/mol. The highest BCUT2D eigenvalue weighted by Crippen LogP contribution is 2.38. The van der Waals surface area contributed by atoms with Crippen molar-refractivity contribution in [3.05, 3.63) is 23.8 Å². The zero-order valence-electron chi connectivity index (χ0n) is 43.5. The molecule has 2 heterocycles. The fourth-order valence-electron chi connectivity index (χ4n) is 8.59. The van der Waals surface area contributed by atoms with Crippen molar-refractivity contribution in [2.75, 3.05) is 54.6 Å². The van der Waals surface area contributed by atoms with Crippen LogP contribution in [-0.4, -0.2) is 181 Å². The first-order valence-corrected chi connectivity index (χ1v) is 24.2. The lowest BCUT2D eigenvalue weighted by Crippen LogP contribution is -2.68. The predicted octanol–water partition coefficient (Wildman–Crippen LogP) is 3.95. The van der Waals surface area contributed by atoms with E-state index < -0.39 is 89.4 Å². The number of aliphatic hydroxyl groups is 4. The Hall–Kier alpha value is -2.68. The molecule has 2 amide bonds. The van der Waals surface area contributed by atoms with Gasteiger partial charge in [0.05, 0.1) is 49.3 Å². The summed E-state index contributed by atoms with van der Waals surface area (Å²) < 4.78 is 49.2. The Morgan fingerprint density at radius 2 is 1.31 bits per heavy atom. The van der Waals surface area contributed by atoms with Gasteiger partial charge in [-0.2, -0.15) is 0 Å². The van der Waals surface area contributed by atoms with Crippen LogP contribution in [-0.2, 0) is 44.4 Å². The molecule has 67 heavy (non-hydrogen) atoms. The van der Waals surface area contributed by atoms with Crippen molar-refractivity contribution in [2.24, 2.45) is 5.92 Å². The summed E-state index contributed by atoms with van der Waals surface area (Å²) >= 11 is 0. The van der Waals surface area contributed by atoms with Gasteiger partial charge in [-0.25, -0.2) is 0 Å². The summed E-state index contributed by atoms with van der Waals surface area (Å²) in [5.74, 6) is 0.228. The largest absolute Gasteiger partial charge is 0.493 e. The van der Waals surface area contributed by atoms with Crippen LogP contribution in [0.25, 0.3) is 0 Å². The van der Waals surface area contributed by atoms with Gasteiger partial charge in [-0.05, 0) is 132 Å². The van der Waals surface area contributed by atoms with Gasteiger partial charge < -0.3 is 73.9 Å². The van der Waals surface area contributed by atoms with E-state index in [0.717, 1.165) is 37.8 Å². The molecule has 2 saturated heterocycles. The molecule has 1 aromatic carbocycles. The Bertz CT molecular complexity index is 1670. The smallest absolute Gasteiger partial charge is 0.254 e. The molecule has 2 fully saturated rings. The molecule has 2 aliphatic rings. The number of benzene rings is 1. The highest BCUT2D eigenvalue weighted by Gasteiger charge is 2.56. The number of rotatable bonds is 27. The topological polar surface area (TPSA) is 216 Å². The number of amides is 2. The highest BCUT2D eigenvalue weighted by molar-refractivity contribution is 5.82. The zero-order chi connectivity index (χ0) is 50.7. The summed E-state index contributed by atoms with van der Waals surface area (Å²) in [5, 5.41) is 52.7. The lowest BCUT2D eigenvalue weighted by molar-refractivity contribution is -0.293. The summed E-state index contributed by atoms with van der Waals surface area (Å²) in [7, 11) is 6.73. The van der Waals surface area contributed by atoms with Crippen LogP contribution in [0.4, 0.5) is 0 Å². The number of carbonyl (C=O) groups excluding carboxylic acids is 2. The van der Waals surface area contributed by atoms with Crippen molar-refractivity contribution in [1.29, 1.82) is 0 Å². The third-order valence-electron chi connectivity index (χ3n) is 13.3. The van der Waals surface area contributed by atoms with E-state index in [1.54, 1.807) is 73.8 Å². The van der Waals surface area contributed by atoms with Crippen molar-refractivity contribution in [3.8, 4) is 11.5 Å². The summed E-state index contributed by atoms with van der Waals surface area (Å²) in [4.78, 5) is 29.8. The number of carbonyl (C=O) groups is 2. The Morgan fingerprint density at radius 1 is 0.746 bits per heavy atom. The molecular weight excluding hydrogens is 867 g/mol. The maximum absolute atomic E-state index is 14.2. The van der Waals surface area contributed by atoms with E-state index in [-0.39, 0.29) is 37.5 Å². The Morgan fingerprint density at radius 3 is 1.88 bits per heavy atom. The van der Waals surface area contributed by atoms with Gasteiger partial charge in [0.1, 0.15) is 48.8 Å². The average molecular weight is 956 g/mol. The molecular formula is C50H89N3O14. The molecule has 17 heteroatoms. The van der Waals surface area contributed by atoms with Crippen molar-refractivity contribution in [1.82, 2.24) is 15.5 Å². The van der Waals surface area contributed by atoms with E-state index in [1.807, 2.05) is 60.7 Å². The first-order valence-electron chi connectivity index (χ1n) is 24.2. The van der Waals surface area contributed by atoms with Crippen LogP contribution in [0.15, 0.2) is 18.2 Å². The van der Waals surface area contributed by atoms with Crippen LogP contribution in [0, 0.1) is 5.92 Å². The third-order valence-corrected chi connectivity index (χ3v) is 13.3. The van der Waals surface area contributed by atoms with Gasteiger partial charge in [0.25, 0.3) is 11.8 Å². The number of likely N-dealkylation sites (N-methyl/N-ethyl adjacent to an activating group) is 1. The minimum Gasteiger partial charge on any atom is -0.493 e. The molecule has 0 bridgehead atoms. The van der Waals surface area contributed by atoms with Crippen molar-refractivity contribution < 1.29 is 67.9 Å². The standard InChI is InChI=1S/C50H89N3O14/c1-30(2)48(7,8)67-39-35(54)37(56)43(63-41(39)45(58)52-26-23-32-21-22-33(60-15)34(29-32)61-16)49(9,10)62-28-24-47(5,6)66-40-36(55)38(57)44(50(11,12)65-31(3)4)64-42(40)46(59)53(14)27-20-18-17-19-25-51-13/h21-22,29-31,35-44,51,54-57H,17-20,23-28H2,1-16H3,(H,52,58)/t35-,36-,37+,38+,39+,40+,41?,42?,43-,44-/m1/s1. The summed E-state index contributed by atoms with van der Waals surface area (Å²) in [6, 6.07) is 5.51. The Kier molecular flexibility index (Phi) is 22.3. The zero-order valence-corrected chi connectivity index (χ0v) is 43.5. The minimum atomic E-state index is -1.52. The van der Waals surface area contributed by atoms with Gasteiger partial charge in [-0.15, -0.1) is 0 Å². The number of hydrogen-bond donors (Lipinski definition) is 6. The highest BCUT2D eigenvalue weighted by atomic mass is 16.6. The van der Waals surface area contributed by atoms with E-state index in [0.29, 0.717) is 24.5 Å². The number of methoxy groups -OCH3 is 2. The molecule has 2 aliphatic heterocycles. The normalized spacial score (nSPS) is 26.5. The molecule has 2 unspecified atom stereocenters. The lowest BCUT2D eigenvalue weighted by Gasteiger charge is -2.50. The first kappa shape index (κ1) is 58.6. The fraction of sp³-hybridized carbons (Fsp3) is 0.840. The average Bonchev–Trinajstić information content (AvgIpc) is 3.24. The van der Waals surface area contributed by atoms with Crippen LogP contribution >= 0.6 is 0 Å². The van der Waals surface area contributed by atoms with Crippen LogP contribution in [0.5, 0.6) is 11.5 Å². The molecule has 0 aliphatic carbocycles. The first-order chi connectivity index (χ1) is 31.1. The maximum atomic E-state index is 14.2. The molecule has 0 radical (unpaired) electrons. The number of unbranched alkanes of at least 4 members (excludes halogenated alkanes) is 3. The van der Waals surface area contributed by atoms with Gasteiger partial charge in [-0.3, -0.25) is 9.59 Å². The van der Waals surface area contributed by atoms with Gasteiger partial charge in [0.15, 0.2) is 23.7 Å². The van der Waals surface area contributed by atoms with Gasteiger partial charge in [-0.1, -0.05) is 32.8 Å². The molecule has 10 atom stereocenters. The van der Waals surface area contributed by atoms with Crippen molar-refractivity contribution >= 4 is 11.8 Å². The molecule has 0 saturated carbocycles. The molecule has 0 spiro atoms. The van der Waals surface area contributed by atoms with Crippen molar-refractivity contribution in [3.63, 3.8) is 0 Å². The van der Waals surface area contributed by atoms with E-state index in [9.17, 15) is 30.0 Å². The maximum Gasteiger partial charge on any atom is 0.254 e. The number of ether oxygens (including phenoxy) is 8. The molecule has 17 nitrogen and oxygen atoms in total.